The summed E-state index contributed by atoms with van der Waals surface area (Å²) >= 11 is 0. The van der Waals surface area contributed by atoms with Gasteiger partial charge in [-0.1, -0.05) is 6.92 Å². The molecule has 1 aliphatic heterocycles. The molecule has 3 fully saturated rings. The highest BCUT2D eigenvalue weighted by atomic mass is 16.3. The zero-order chi connectivity index (χ0) is 10.5. The number of nitrogens with one attached hydrogen (secondary N) is 1. The van der Waals surface area contributed by atoms with Crippen LogP contribution in [-0.4, -0.2) is 23.8 Å². The molecule has 1 saturated heterocycles. The van der Waals surface area contributed by atoms with Crippen molar-refractivity contribution < 1.29 is 5.11 Å². The van der Waals surface area contributed by atoms with Gasteiger partial charge in [0.25, 0.3) is 0 Å². The van der Waals surface area contributed by atoms with Crippen molar-refractivity contribution in [2.75, 3.05) is 6.54 Å². The van der Waals surface area contributed by atoms with Gasteiger partial charge in [0.2, 0.25) is 0 Å². The number of aliphatic hydroxyl groups excluding tert-OH is 1. The molecule has 0 radical (unpaired) electrons. The van der Waals surface area contributed by atoms with Crippen LogP contribution in [0, 0.1) is 17.3 Å². The van der Waals surface area contributed by atoms with Crippen LogP contribution in [-0.2, 0) is 0 Å². The van der Waals surface area contributed by atoms with Crippen LogP contribution < -0.4 is 5.32 Å². The van der Waals surface area contributed by atoms with Gasteiger partial charge in [-0.05, 0) is 62.3 Å². The quantitative estimate of drug-likeness (QED) is 0.691. The van der Waals surface area contributed by atoms with Gasteiger partial charge >= 0.3 is 0 Å². The van der Waals surface area contributed by atoms with Crippen molar-refractivity contribution in [3.05, 3.63) is 0 Å². The van der Waals surface area contributed by atoms with Crippen LogP contribution in [0.3, 0.4) is 0 Å². The Bertz CT molecular complexity index is 231. The summed E-state index contributed by atoms with van der Waals surface area (Å²) in [5, 5.41) is 13.1. The number of piperidine rings is 1. The van der Waals surface area contributed by atoms with Crippen LogP contribution in [0.5, 0.6) is 0 Å². The molecule has 0 aromatic heterocycles. The Labute approximate surface area is 92.4 Å². The number of hydrogen-bond acceptors (Lipinski definition) is 2. The van der Waals surface area contributed by atoms with E-state index < -0.39 is 0 Å². The molecule has 2 saturated carbocycles. The zero-order valence-electron chi connectivity index (χ0n) is 9.71. The maximum Gasteiger partial charge on any atom is 0.0550 e. The lowest BCUT2D eigenvalue weighted by Gasteiger charge is -2.58. The van der Waals surface area contributed by atoms with Gasteiger partial charge < -0.3 is 10.4 Å². The van der Waals surface area contributed by atoms with Gasteiger partial charge in [0.1, 0.15) is 0 Å². The topological polar surface area (TPSA) is 32.3 Å². The summed E-state index contributed by atoms with van der Waals surface area (Å²) in [5.41, 5.74) is 0.592. The first kappa shape index (κ1) is 10.1. The van der Waals surface area contributed by atoms with Gasteiger partial charge in [-0.2, -0.15) is 0 Å². The van der Waals surface area contributed by atoms with E-state index in [1.165, 1.54) is 32.2 Å². The lowest BCUT2D eigenvalue weighted by molar-refractivity contribution is -0.120. The molecule has 1 spiro atoms. The van der Waals surface area contributed by atoms with Crippen LogP contribution >= 0.6 is 0 Å². The molecule has 0 bridgehead atoms. The van der Waals surface area contributed by atoms with Gasteiger partial charge in [-0.25, -0.2) is 0 Å². The second-order valence-corrected chi connectivity index (χ2v) is 6.43. The highest BCUT2D eigenvalue weighted by molar-refractivity contribution is 5.06. The van der Waals surface area contributed by atoms with Crippen molar-refractivity contribution in [3.63, 3.8) is 0 Å². The average Bonchev–Trinajstić information content (AvgIpc) is 2.11. The lowest BCUT2D eigenvalue weighted by Crippen LogP contribution is -2.56. The van der Waals surface area contributed by atoms with Crippen LogP contribution in [0.25, 0.3) is 0 Å². The third-order valence-corrected chi connectivity index (χ3v) is 5.00. The van der Waals surface area contributed by atoms with E-state index in [1.807, 2.05) is 0 Å². The summed E-state index contributed by atoms with van der Waals surface area (Å²) in [4.78, 5) is 0. The zero-order valence-corrected chi connectivity index (χ0v) is 9.71. The molecule has 2 atom stereocenters. The first-order chi connectivity index (χ1) is 7.17. The highest BCUT2D eigenvalue weighted by Crippen LogP contribution is 2.59. The van der Waals surface area contributed by atoms with Crippen molar-refractivity contribution in [2.24, 2.45) is 17.3 Å². The van der Waals surface area contributed by atoms with E-state index in [0.717, 1.165) is 30.7 Å². The van der Waals surface area contributed by atoms with Crippen LogP contribution in [0.4, 0.5) is 0 Å². The van der Waals surface area contributed by atoms with Crippen molar-refractivity contribution in [1.82, 2.24) is 5.32 Å². The van der Waals surface area contributed by atoms with Crippen molar-refractivity contribution in [1.29, 1.82) is 0 Å². The molecule has 86 valence electrons. The smallest absolute Gasteiger partial charge is 0.0550 e. The van der Waals surface area contributed by atoms with Gasteiger partial charge in [0.15, 0.2) is 0 Å². The fourth-order valence-electron chi connectivity index (χ4n) is 4.03. The number of aliphatic hydroxyl groups is 1. The summed E-state index contributed by atoms with van der Waals surface area (Å²) in [6.07, 6.45) is 7.77. The monoisotopic (exact) mass is 209 g/mol. The van der Waals surface area contributed by atoms with Crippen LogP contribution in [0.2, 0.25) is 0 Å². The maximum absolute atomic E-state index is 9.36. The highest BCUT2D eigenvalue weighted by Gasteiger charge is 2.54. The first-order valence-corrected chi connectivity index (χ1v) is 6.58. The standard InChI is InChI=1S/C13H23NO/c1-9-2-3-12(14-8-9)10-4-13(5-10)6-11(15)7-13/h9-12,14-15H,2-8H2,1H3. The van der Waals surface area contributed by atoms with E-state index in [0.29, 0.717) is 5.41 Å². The third-order valence-electron chi connectivity index (χ3n) is 5.00. The third kappa shape index (κ3) is 1.72. The van der Waals surface area contributed by atoms with E-state index >= 15 is 0 Å². The molecular formula is C13H23NO. The summed E-state index contributed by atoms with van der Waals surface area (Å²) in [5.74, 6) is 1.80. The Morgan fingerprint density at radius 1 is 1.13 bits per heavy atom. The van der Waals surface area contributed by atoms with Gasteiger partial charge in [0, 0.05) is 6.04 Å². The van der Waals surface area contributed by atoms with Gasteiger partial charge in [-0.15, -0.1) is 0 Å². The minimum absolute atomic E-state index is 0.0327. The molecule has 1 heterocycles. The molecule has 3 aliphatic rings. The Hall–Kier alpha value is -0.0800. The Morgan fingerprint density at radius 3 is 2.40 bits per heavy atom. The fraction of sp³-hybridized carbons (Fsp3) is 1.00. The van der Waals surface area contributed by atoms with Crippen molar-refractivity contribution >= 4 is 0 Å². The first-order valence-electron chi connectivity index (χ1n) is 6.58. The molecule has 15 heavy (non-hydrogen) atoms. The SMILES string of the molecule is CC1CCC(C2CC3(CC(O)C3)C2)NC1. The van der Waals surface area contributed by atoms with Gasteiger partial charge in [-0.3, -0.25) is 0 Å². The van der Waals surface area contributed by atoms with Gasteiger partial charge in [0.05, 0.1) is 6.10 Å². The van der Waals surface area contributed by atoms with Crippen LogP contribution in [0.15, 0.2) is 0 Å². The van der Waals surface area contributed by atoms with Crippen molar-refractivity contribution in [3.8, 4) is 0 Å². The van der Waals surface area contributed by atoms with E-state index in [-0.39, 0.29) is 6.10 Å². The minimum atomic E-state index is 0.0327. The molecule has 2 nitrogen and oxygen atoms in total. The largest absolute Gasteiger partial charge is 0.393 e. The Kier molecular flexibility index (Phi) is 2.33. The average molecular weight is 209 g/mol. The van der Waals surface area contributed by atoms with E-state index in [4.69, 9.17) is 0 Å². The Balaban J connectivity index is 1.47. The van der Waals surface area contributed by atoms with Crippen LogP contribution in [0.1, 0.15) is 45.4 Å². The maximum atomic E-state index is 9.36. The fourth-order valence-corrected chi connectivity index (χ4v) is 4.03. The van der Waals surface area contributed by atoms with E-state index in [9.17, 15) is 5.11 Å². The summed E-state index contributed by atoms with van der Waals surface area (Å²) < 4.78 is 0. The molecular weight excluding hydrogens is 186 g/mol. The molecule has 0 aromatic carbocycles. The predicted octanol–water partition coefficient (Wildman–Crippen LogP) is 1.93. The summed E-state index contributed by atoms with van der Waals surface area (Å²) in [6.45, 7) is 3.56. The summed E-state index contributed by atoms with van der Waals surface area (Å²) in [6, 6.07) is 0.796. The number of rotatable bonds is 1. The van der Waals surface area contributed by atoms with Crippen molar-refractivity contribution in [2.45, 2.75) is 57.6 Å². The molecule has 0 amide bonds. The van der Waals surface area contributed by atoms with E-state index in [2.05, 4.69) is 12.2 Å². The molecule has 2 N–H and O–H groups in total. The minimum Gasteiger partial charge on any atom is -0.393 e. The lowest BCUT2D eigenvalue weighted by atomic mass is 9.49. The normalized spacial score (nSPS) is 54.8. The predicted molar refractivity (Wildman–Crippen MR) is 60.6 cm³/mol. The number of hydrogen-bond donors (Lipinski definition) is 2. The molecule has 3 rings (SSSR count). The molecule has 2 heteroatoms. The second-order valence-electron chi connectivity index (χ2n) is 6.43. The molecule has 2 unspecified atom stereocenters. The second kappa shape index (κ2) is 3.46. The molecule has 0 aromatic rings. The molecule has 2 aliphatic carbocycles. The summed E-state index contributed by atoms with van der Waals surface area (Å²) in [7, 11) is 0. The Morgan fingerprint density at radius 2 is 1.87 bits per heavy atom. The van der Waals surface area contributed by atoms with E-state index in [1.54, 1.807) is 0 Å².